The van der Waals surface area contributed by atoms with Crippen molar-refractivity contribution in [2.45, 2.75) is 6.04 Å². The average Bonchev–Trinajstić information content (AvgIpc) is 2.46. The molecule has 1 fully saturated rings. The van der Waals surface area contributed by atoms with E-state index in [9.17, 15) is 9.59 Å². The summed E-state index contributed by atoms with van der Waals surface area (Å²) in [4.78, 5) is 28.8. The van der Waals surface area contributed by atoms with E-state index >= 15 is 0 Å². The van der Waals surface area contributed by atoms with Gasteiger partial charge in [0, 0.05) is 12.7 Å². The van der Waals surface area contributed by atoms with E-state index in [1.54, 1.807) is 17.0 Å². The van der Waals surface area contributed by atoms with Crippen molar-refractivity contribution in [2.24, 2.45) is 5.73 Å². The van der Waals surface area contributed by atoms with E-state index in [0.29, 0.717) is 24.5 Å². The molecule has 1 aromatic rings. The Morgan fingerprint density at radius 3 is 3.05 bits per heavy atom. The van der Waals surface area contributed by atoms with Crippen LogP contribution in [-0.4, -0.2) is 49.8 Å². The zero-order chi connectivity index (χ0) is 13.8. The van der Waals surface area contributed by atoms with E-state index in [4.69, 9.17) is 10.5 Å². The Morgan fingerprint density at radius 2 is 2.37 bits per heavy atom. The van der Waals surface area contributed by atoms with Crippen molar-refractivity contribution in [1.29, 1.82) is 0 Å². The van der Waals surface area contributed by atoms with Gasteiger partial charge < -0.3 is 20.1 Å². The number of rotatable bonds is 3. The van der Waals surface area contributed by atoms with E-state index in [1.165, 1.54) is 13.3 Å². The highest BCUT2D eigenvalue weighted by Gasteiger charge is 2.29. The van der Waals surface area contributed by atoms with E-state index in [1.807, 2.05) is 0 Å². The molecule has 1 aliphatic heterocycles. The SMILES string of the molecule is COC(=O)c1ccnc(N2CCOCC2C(N)=O)c1. The predicted molar refractivity (Wildman–Crippen MR) is 66.7 cm³/mol. The van der Waals surface area contributed by atoms with Gasteiger partial charge in [-0.2, -0.15) is 0 Å². The lowest BCUT2D eigenvalue weighted by molar-refractivity contribution is -0.121. The second-order valence-corrected chi connectivity index (χ2v) is 4.08. The van der Waals surface area contributed by atoms with Crippen molar-refractivity contribution in [3.05, 3.63) is 23.9 Å². The summed E-state index contributed by atoms with van der Waals surface area (Å²) in [5.41, 5.74) is 5.72. The van der Waals surface area contributed by atoms with Crippen molar-refractivity contribution >= 4 is 17.7 Å². The molecule has 1 aliphatic rings. The quantitative estimate of drug-likeness (QED) is 0.744. The molecule has 1 amide bonds. The maximum atomic E-state index is 11.5. The molecule has 0 aromatic carbocycles. The molecule has 7 nitrogen and oxygen atoms in total. The lowest BCUT2D eigenvalue weighted by Crippen LogP contribution is -2.53. The van der Waals surface area contributed by atoms with Crippen LogP contribution in [0.4, 0.5) is 5.82 Å². The molecule has 7 heteroatoms. The third-order valence-electron chi connectivity index (χ3n) is 2.92. The van der Waals surface area contributed by atoms with Crippen molar-refractivity contribution < 1.29 is 19.1 Å². The molecule has 0 saturated carbocycles. The van der Waals surface area contributed by atoms with Gasteiger partial charge in [-0.15, -0.1) is 0 Å². The van der Waals surface area contributed by atoms with Crippen LogP contribution in [0.15, 0.2) is 18.3 Å². The fourth-order valence-electron chi connectivity index (χ4n) is 1.93. The number of carbonyl (C=O) groups is 2. The van der Waals surface area contributed by atoms with Gasteiger partial charge in [0.05, 0.1) is 25.9 Å². The lowest BCUT2D eigenvalue weighted by atomic mass is 10.2. The van der Waals surface area contributed by atoms with Crippen LogP contribution < -0.4 is 10.6 Å². The second kappa shape index (κ2) is 5.66. The number of amides is 1. The molecule has 0 spiro atoms. The molecule has 0 aliphatic carbocycles. The third-order valence-corrected chi connectivity index (χ3v) is 2.92. The highest BCUT2D eigenvalue weighted by Crippen LogP contribution is 2.18. The Morgan fingerprint density at radius 1 is 1.58 bits per heavy atom. The second-order valence-electron chi connectivity index (χ2n) is 4.08. The molecule has 1 unspecified atom stereocenters. The smallest absolute Gasteiger partial charge is 0.338 e. The molecule has 1 aromatic heterocycles. The summed E-state index contributed by atoms with van der Waals surface area (Å²) >= 11 is 0. The van der Waals surface area contributed by atoms with Crippen molar-refractivity contribution in [3.63, 3.8) is 0 Å². The number of esters is 1. The van der Waals surface area contributed by atoms with Crippen LogP contribution >= 0.6 is 0 Å². The normalized spacial score (nSPS) is 19.0. The molecule has 0 bridgehead atoms. The van der Waals surface area contributed by atoms with Crippen LogP contribution in [-0.2, 0) is 14.3 Å². The summed E-state index contributed by atoms with van der Waals surface area (Å²) in [7, 11) is 1.31. The standard InChI is InChI=1S/C12H15N3O4/c1-18-12(17)8-2-3-14-10(6-8)15-4-5-19-7-9(15)11(13)16/h2-3,6,9H,4-5,7H2,1H3,(H2,13,16). The van der Waals surface area contributed by atoms with Crippen LogP contribution in [0.1, 0.15) is 10.4 Å². The van der Waals surface area contributed by atoms with Gasteiger partial charge in [0.25, 0.3) is 0 Å². The van der Waals surface area contributed by atoms with Gasteiger partial charge in [0.15, 0.2) is 0 Å². The Kier molecular flexibility index (Phi) is 3.96. The van der Waals surface area contributed by atoms with Gasteiger partial charge in [-0.25, -0.2) is 9.78 Å². The monoisotopic (exact) mass is 265 g/mol. The van der Waals surface area contributed by atoms with Gasteiger partial charge in [-0.3, -0.25) is 4.79 Å². The summed E-state index contributed by atoms with van der Waals surface area (Å²) in [5, 5.41) is 0. The molecule has 1 saturated heterocycles. The molecular weight excluding hydrogens is 250 g/mol. The first-order valence-corrected chi connectivity index (χ1v) is 5.81. The number of ether oxygens (including phenoxy) is 2. The zero-order valence-corrected chi connectivity index (χ0v) is 10.5. The number of nitrogens with zero attached hydrogens (tertiary/aromatic N) is 2. The third kappa shape index (κ3) is 2.82. The molecule has 2 N–H and O–H groups in total. The Bertz CT molecular complexity index is 492. The van der Waals surface area contributed by atoms with Gasteiger partial charge >= 0.3 is 5.97 Å². The summed E-state index contributed by atoms with van der Waals surface area (Å²) in [6.45, 7) is 1.19. The van der Waals surface area contributed by atoms with Crippen LogP contribution in [0.2, 0.25) is 0 Å². The summed E-state index contributed by atoms with van der Waals surface area (Å²) in [5.74, 6) is -0.424. The number of hydrogen-bond donors (Lipinski definition) is 1. The van der Waals surface area contributed by atoms with Crippen molar-refractivity contribution in [1.82, 2.24) is 4.98 Å². The molecule has 0 radical (unpaired) electrons. The number of primary amides is 1. The molecular formula is C12H15N3O4. The first-order chi connectivity index (χ1) is 9.13. The number of nitrogens with two attached hydrogens (primary N) is 1. The zero-order valence-electron chi connectivity index (χ0n) is 10.5. The van der Waals surface area contributed by atoms with E-state index in [2.05, 4.69) is 9.72 Å². The largest absolute Gasteiger partial charge is 0.465 e. The van der Waals surface area contributed by atoms with Crippen molar-refractivity contribution in [3.8, 4) is 0 Å². The Labute approximate surface area is 110 Å². The number of pyridine rings is 1. The lowest BCUT2D eigenvalue weighted by Gasteiger charge is -2.34. The summed E-state index contributed by atoms with van der Waals surface area (Å²) < 4.78 is 9.88. The number of carbonyl (C=O) groups excluding carboxylic acids is 2. The fourth-order valence-corrected chi connectivity index (χ4v) is 1.93. The average molecular weight is 265 g/mol. The van der Waals surface area contributed by atoms with E-state index in [-0.39, 0.29) is 6.61 Å². The first-order valence-electron chi connectivity index (χ1n) is 5.81. The van der Waals surface area contributed by atoms with Crippen LogP contribution in [0.5, 0.6) is 0 Å². The maximum Gasteiger partial charge on any atom is 0.338 e. The molecule has 2 rings (SSSR count). The highest BCUT2D eigenvalue weighted by molar-refractivity contribution is 5.90. The Balaban J connectivity index is 2.29. The highest BCUT2D eigenvalue weighted by atomic mass is 16.5. The predicted octanol–water partition coefficient (Wildman–Crippen LogP) is -0.441. The van der Waals surface area contributed by atoms with E-state index in [0.717, 1.165) is 0 Å². The number of methoxy groups -OCH3 is 1. The van der Waals surface area contributed by atoms with Gasteiger partial charge in [-0.1, -0.05) is 0 Å². The van der Waals surface area contributed by atoms with Crippen LogP contribution in [0, 0.1) is 0 Å². The summed E-state index contributed by atoms with van der Waals surface area (Å²) in [6.07, 6.45) is 1.50. The van der Waals surface area contributed by atoms with Gasteiger partial charge in [0.1, 0.15) is 11.9 Å². The van der Waals surface area contributed by atoms with Crippen LogP contribution in [0.25, 0.3) is 0 Å². The fraction of sp³-hybridized carbons (Fsp3) is 0.417. The number of hydrogen-bond acceptors (Lipinski definition) is 6. The Hall–Kier alpha value is -2.15. The number of aromatic nitrogens is 1. The maximum absolute atomic E-state index is 11.5. The van der Waals surface area contributed by atoms with Gasteiger partial charge in [-0.05, 0) is 12.1 Å². The molecule has 1 atom stereocenters. The van der Waals surface area contributed by atoms with E-state index < -0.39 is 17.9 Å². The number of morpholine rings is 1. The van der Waals surface area contributed by atoms with Crippen molar-refractivity contribution in [2.75, 3.05) is 31.8 Å². The number of anilines is 1. The minimum absolute atomic E-state index is 0.222. The molecule has 102 valence electrons. The summed E-state index contributed by atoms with van der Waals surface area (Å²) in [6, 6.07) is 2.55. The first kappa shape index (κ1) is 13.3. The molecule has 19 heavy (non-hydrogen) atoms. The van der Waals surface area contributed by atoms with Crippen LogP contribution in [0.3, 0.4) is 0 Å². The minimum atomic E-state index is -0.575. The van der Waals surface area contributed by atoms with Gasteiger partial charge in [0.2, 0.25) is 5.91 Å². The molecule has 2 heterocycles. The topological polar surface area (TPSA) is 94.8 Å². The minimum Gasteiger partial charge on any atom is -0.465 e.